The highest BCUT2D eigenvalue weighted by Gasteiger charge is 2.11. The zero-order valence-electron chi connectivity index (χ0n) is 11.4. The summed E-state index contributed by atoms with van der Waals surface area (Å²) in [7, 11) is 0. The van der Waals surface area contributed by atoms with Crippen molar-refractivity contribution in [3.05, 3.63) is 35.6 Å². The van der Waals surface area contributed by atoms with Crippen molar-refractivity contribution < 1.29 is 9.13 Å². The molecule has 1 atom stereocenters. The van der Waals surface area contributed by atoms with Crippen LogP contribution in [0.2, 0.25) is 0 Å². The summed E-state index contributed by atoms with van der Waals surface area (Å²) < 4.78 is 18.3. The average molecular weight is 253 g/mol. The minimum atomic E-state index is -0.177. The molecule has 0 radical (unpaired) electrons. The third-order valence-corrected chi connectivity index (χ3v) is 2.97. The fourth-order valence-corrected chi connectivity index (χ4v) is 1.94. The summed E-state index contributed by atoms with van der Waals surface area (Å²) >= 11 is 0. The lowest BCUT2D eigenvalue weighted by atomic mass is 9.96. The van der Waals surface area contributed by atoms with Gasteiger partial charge in [0.05, 0.1) is 0 Å². The zero-order chi connectivity index (χ0) is 13.2. The molecule has 1 aromatic rings. The number of rotatable bonds is 9. The quantitative estimate of drug-likeness (QED) is 0.682. The summed E-state index contributed by atoms with van der Waals surface area (Å²) in [6, 6.07) is 6.81. The molecule has 0 saturated heterocycles. The Labute approximate surface area is 110 Å². The fraction of sp³-hybridized carbons (Fsp3) is 0.600. The molecule has 0 spiro atoms. The maximum atomic E-state index is 12.9. The van der Waals surface area contributed by atoms with Crippen LogP contribution in [0.4, 0.5) is 4.39 Å². The number of halogens is 1. The molecule has 0 aliphatic rings. The predicted octanol–water partition coefficient (Wildman–Crippen LogP) is 3.34. The number of ether oxygens (including phenoxy) is 1. The predicted molar refractivity (Wildman–Crippen MR) is 73.4 cm³/mol. The maximum Gasteiger partial charge on any atom is 0.123 e. The standard InChI is InChI=1S/C15H24FNO/c1-3-10-17-12-14(9-11-18-4-2)13-5-7-15(16)8-6-13/h5-8,14,17H,3-4,9-12H2,1-2H3. The molecule has 0 aliphatic heterocycles. The Bertz CT molecular complexity index is 303. The van der Waals surface area contributed by atoms with Gasteiger partial charge in [-0.3, -0.25) is 0 Å². The summed E-state index contributed by atoms with van der Waals surface area (Å²) in [5.41, 5.74) is 1.18. The van der Waals surface area contributed by atoms with Crippen LogP contribution in [-0.4, -0.2) is 26.3 Å². The molecule has 0 bridgehead atoms. The zero-order valence-corrected chi connectivity index (χ0v) is 11.4. The van der Waals surface area contributed by atoms with Crippen LogP contribution in [-0.2, 0) is 4.74 Å². The van der Waals surface area contributed by atoms with E-state index >= 15 is 0 Å². The van der Waals surface area contributed by atoms with E-state index < -0.39 is 0 Å². The lowest BCUT2D eigenvalue weighted by molar-refractivity contribution is 0.139. The fourth-order valence-electron chi connectivity index (χ4n) is 1.94. The minimum Gasteiger partial charge on any atom is -0.382 e. The first-order valence-electron chi connectivity index (χ1n) is 6.81. The molecule has 0 fully saturated rings. The summed E-state index contributed by atoms with van der Waals surface area (Å²) in [4.78, 5) is 0. The highest BCUT2D eigenvalue weighted by atomic mass is 19.1. The van der Waals surface area contributed by atoms with Crippen LogP contribution < -0.4 is 5.32 Å². The van der Waals surface area contributed by atoms with Gasteiger partial charge in [-0.2, -0.15) is 0 Å². The van der Waals surface area contributed by atoms with Gasteiger partial charge in [-0.25, -0.2) is 4.39 Å². The van der Waals surface area contributed by atoms with Crippen molar-refractivity contribution in [2.75, 3.05) is 26.3 Å². The van der Waals surface area contributed by atoms with Gasteiger partial charge in [-0.15, -0.1) is 0 Å². The first kappa shape index (κ1) is 15.1. The number of benzene rings is 1. The molecule has 102 valence electrons. The molecule has 0 aliphatic carbocycles. The van der Waals surface area contributed by atoms with Crippen LogP contribution in [0.5, 0.6) is 0 Å². The third-order valence-electron chi connectivity index (χ3n) is 2.97. The van der Waals surface area contributed by atoms with Gasteiger partial charge in [0.15, 0.2) is 0 Å². The van der Waals surface area contributed by atoms with E-state index in [1.807, 2.05) is 19.1 Å². The SMILES string of the molecule is CCCNCC(CCOCC)c1ccc(F)cc1. The molecule has 1 aromatic carbocycles. The summed E-state index contributed by atoms with van der Waals surface area (Å²) in [5, 5.41) is 3.43. The maximum absolute atomic E-state index is 12.9. The molecule has 1 unspecified atom stereocenters. The number of hydrogen-bond acceptors (Lipinski definition) is 2. The summed E-state index contributed by atoms with van der Waals surface area (Å²) in [5.74, 6) is 0.215. The number of hydrogen-bond donors (Lipinski definition) is 1. The molecule has 2 nitrogen and oxygen atoms in total. The van der Waals surface area contributed by atoms with Crippen LogP contribution in [0.1, 0.15) is 38.2 Å². The molecular weight excluding hydrogens is 229 g/mol. The van der Waals surface area contributed by atoms with E-state index in [1.54, 1.807) is 0 Å². The van der Waals surface area contributed by atoms with Gasteiger partial charge >= 0.3 is 0 Å². The van der Waals surface area contributed by atoms with Crippen LogP contribution in [0, 0.1) is 5.82 Å². The van der Waals surface area contributed by atoms with Gasteiger partial charge in [0.1, 0.15) is 5.82 Å². The molecule has 3 heteroatoms. The number of nitrogens with one attached hydrogen (secondary N) is 1. The lowest BCUT2D eigenvalue weighted by Crippen LogP contribution is -2.23. The van der Waals surface area contributed by atoms with Crippen molar-refractivity contribution in [1.29, 1.82) is 0 Å². The van der Waals surface area contributed by atoms with Crippen LogP contribution in [0.25, 0.3) is 0 Å². The van der Waals surface area contributed by atoms with E-state index in [4.69, 9.17) is 4.74 Å². The molecule has 0 amide bonds. The normalized spacial score (nSPS) is 12.6. The van der Waals surface area contributed by atoms with Gasteiger partial charge in [0, 0.05) is 19.8 Å². The third kappa shape index (κ3) is 5.61. The van der Waals surface area contributed by atoms with Gasteiger partial charge in [0.2, 0.25) is 0 Å². The largest absolute Gasteiger partial charge is 0.382 e. The van der Waals surface area contributed by atoms with Gasteiger partial charge in [0.25, 0.3) is 0 Å². The molecular formula is C15H24FNO. The Morgan fingerprint density at radius 3 is 2.56 bits per heavy atom. The van der Waals surface area contributed by atoms with Crippen molar-refractivity contribution in [1.82, 2.24) is 5.32 Å². The van der Waals surface area contributed by atoms with Crippen molar-refractivity contribution in [3.8, 4) is 0 Å². The monoisotopic (exact) mass is 253 g/mol. The van der Waals surface area contributed by atoms with E-state index in [2.05, 4.69) is 12.2 Å². The average Bonchev–Trinajstić information content (AvgIpc) is 2.38. The smallest absolute Gasteiger partial charge is 0.123 e. The topological polar surface area (TPSA) is 21.3 Å². The Morgan fingerprint density at radius 2 is 1.94 bits per heavy atom. The first-order chi connectivity index (χ1) is 8.77. The molecule has 0 aromatic heterocycles. The van der Waals surface area contributed by atoms with E-state index in [0.29, 0.717) is 5.92 Å². The van der Waals surface area contributed by atoms with E-state index in [1.165, 1.54) is 17.7 Å². The Morgan fingerprint density at radius 1 is 1.22 bits per heavy atom. The van der Waals surface area contributed by atoms with Crippen molar-refractivity contribution in [2.45, 2.75) is 32.6 Å². The van der Waals surface area contributed by atoms with Crippen molar-refractivity contribution >= 4 is 0 Å². The van der Waals surface area contributed by atoms with Crippen LogP contribution >= 0.6 is 0 Å². The van der Waals surface area contributed by atoms with Gasteiger partial charge in [-0.1, -0.05) is 19.1 Å². The van der Waals surface area contributed by atoms with Gasteiger partial charge in [-0.05, 0) is 49.9 Å². The first-order valence-corrected chi connectivity index (χ1v) is 6.81. The highest BCUT2D eigenvalue weighted by molar-refractivity contribution is 5.20. The Hall–Kier alpha value is -0.930. The van der Waals surface area contributed by atoms with E-state index in [-0.39, 0.29) is 5.82 Å². The van der Waals surface area contributed by atoms with Crippen molar-refractivity contribution in [2.24, 2.45) is 0 Å². The second kappa shape index (κ2) is 9.06. The molecule has 0 saturated carbocycles. The van der Waals surface area contributed by atoms with E-state index in [9.17, 15) is 4.39 Å². The van der Waals surface area contributed by atoms with Gasteiger partial charge < -0.3 is 10.1 Å². The van der Waals surface area contributed by atoms with E-state index in [0.717, 1.165) is 39.1 Å². The molecule has 0 heterocycles. The van der Waals surface area contributed by atoms with Crippen LogP contribution in [0.15, 0.2) is 24.3 Å². The molecule has 18 heavy (non-hydrogen) atoms. The van der Waals surface area contributed by atoms with Crippen molar-refractivity contribution in [3.63, 3.8) is 0 Å². The molecule has 1 rings (SSSR count). The summed E-state index contributed by atoms with van der Waals surface area (Å²) in [6.07, 6.45) is 2.10. The Balaban J connectivity index is 2.54. The minimum absolute atomic E-state index is 0.177. The highest BCUT2D eigenvalue weighted by Crippen LogP contribution is 2.19. The second-order valence-corrected chi connectivity index (χ2v) is 4.44. The second-order valence-electron chi connectivity index (χ2n) is 4.44. The van der Waals surface area contributed by atoms with Crippen LogP contribution in [0.3, 0.4) is 0 Å². The lowest BCUT2D eigenvalue weighted by Gasteiger charge is -2.18. The molecule has 1 N–H and O–H groups in total. The summed E-state index contributed by atoms with van der Waals surface area (Å²) in [6.45, 7) is 7.60. The Kier molecular flexibility index (Phi) is 7.62.